The SMILES string of the molecule is COCCn1ccc(NC(=O)C(CC2CCCCC2)N2Cc3ccccc3C2=O)n1. The van der Waals surface area contributed by atoms with Crippen LogP contribution in [0.2, 0.25) is 0 Å². The van der Waals surface area contributed by atoms with Crippen LogP contribution in [0.4, 0.5) is 5.82 Å². The van der Waals surface area contributed by atoms with E-state index < -0.39 is 6.04 Å². The molecule has 160 valence electrons. The van der Waals surface area contributed by atoms with E-state index >= 15 is 0 Å². The molecule has 2 aromatic rings. The first-order valence-electron chi connectivity index (χ1n) is 10.9. The topological polar surface area (TPSA) is 76.5 Å². The fourth-order valence-electron chi connectivity index (χ4n) is 4.59. The molecule has 30 heavy (non-hydrogen) atoms. The third kappa shape index (κ3) is 4.56. The minimum Gasteiger partial charge on any atom is -0.383 e. The van der Waals surface area contributed by atoms with Gasteiger partial charge in [0.25, 0.3) is 5.91 Å². The van der Waals surface area contributed by atoms with E-state index in [0.29, 0.717) is 43.4 Å². The van der Waals surface area contributed by atoms with Crippen LogP contribution in [-0.4, -0.2) is 46.3 Å². The van der Waals surface area contributed by atoms with Gasteiger partial charge in [-0.15, -0.1) is 0 Å². The third-order valence-corrected chi connectivity index (χ3v) is 6.23. The monoisotopic (exact) mass is 410 g/mol. The molecule has 1 unspecified atom stereocenters. The summed E-state index contributed by atoms with van der Waals surface area (Å²) in [6.07, 6.45) is 8.46. The number of hydrogen-bond acceptors (Lipinski definition) is 4. The first kappa shape index (κ1) is 20.6. The molecule has 4 rings (SSSR count). The molecule has 0 radical (unpaired) electrons. The van der Waals surface area contributed by atoms with Crippen LogP contribution in [0, 0.1) is 5.92 Å². The second kappa shape index (κ2) is 9.43. The molecule has 1 aromatic carbocycles. The Morgan fingerprint density at radius 1 is 1.23 bits per heavy atom. The number of nitrogens with one attached hydrogen (secondary N) is 1. The van der Waals surface area contributed by atoms with E-state index in [0.717, 1.165) is 18.4 Å². The standard InChI is InChI=1S/C23H30N4O3/c1-30-14-13-26-12-11-21(25-26)24-22(28)20(15-17-7-3-2-4-8-17)27-16-18-9-5-6-10-19(18)23(27)29/h5-6,9-12,17,20H,2-4,7-8,13-16H2,1H3,(H,24,25,28). The number of ether oxygens (including phenoxy) is 1. The Kier molecular flexibility index (Phi) is 6.47. The number of benzene rings is 1. The minimum absolute atomic E-state index is 0.0489. The number of nitrogens with zero attached hydrogens (tertiary/aromatic N) is 3. The molecule has 1 fully saturated rings. The Balaban J connectivity index is 1.50. The van der Waals surface area contributed by atoms with Crippen molar-refractivity contribution in [1.29, 1.82) is 0 Å². The van der Waals surface area contributed by atoms with Crippen LogP contribution in [0.15, 0.2) is 36.5 Å². The number of carbonyl (C=O) groups is 2. The van der Waals surface area contributed by atoms with E-state index in [-0.39, 0.29) is 11.8 Å². The molecule has 1 saturated carbocycles. The lowest BCUT2D eigenvalue weighted by Gasteiger charge is -2.31. The number of hydrogen-bond donors (Lipinski definition) is 1. The van der Waals surface area contributed by atoms with Crippen molar-refractivity contribution in [2.75, 3.05) is 19.0 Å². The molecule has 1 aromatic heterocycles. The van der Waals surface area contributed by atoms with Gasteiger partial charge < -0.3 is 15.0 Å². The number of carbonyl (C=O) groups excluding carboxylic acids is 2. The van der Waals surface area contributed by atoms with Gasteiger partial charge in [-0.2, -0.15) is 5.10 Å². The van der Waals surface area contributed by atoms with Gasteiger partial charge in [0.15, 0.2) is 5.82 Å². The first-order chi connectivity index (χ1) is 14.7. The third-order valence-electron chi connectivity index (χ3n) is 6.23. The summed E-state index contributed by atoms with van der Waals surface area (Å²) in [5, 5.41) is 7.35. The molecule has 1 aliphatic heterocycles. The number of anilines is 1. The second-order valence-electron chi connectivity index (χ2n) is 8.29. The van der Waals surface area contributed by atoms with Crippen molar-refractivity contribution in [1.82, 2.24) is 14.7 Å². The van der Waals surface area contributed by atoms with Crippen LogP contribution in [-0.2, 0) is 22.6 Å². The highest BCUT2D eigenvalue weighted by atomic mass is 16.5. The van der Waals surface area contributed by atoms with Gasteiger partial charge in [-0.3, -0.25) is 14.3 Å². The van der Waals surface area contributed by atoms with E-state index in [9.17, 15) is 9.59 Å². The largest absolute Gasteiger partial charge is 0.383 e. The number of fused-ring (bicyclic) bond motifs is 1. The summed E-state index contributed by atoms with van der Waals surface area (Å²) in [6.45, 7) is 1.67. The molecule has 2 amide bonds. The summed E-state index contributed by atoms with van der Waals surface area (Å²) in [4.78, 5) is 28.1. The van der Waals surface area contributed by atoms with Crippen molar-refractivity contribution in [2.24, 2.45) is 5.92 Å². The van der Waals surface area contributed by atoms with E-state index in [1.807, 2.05) is 30.5 Å². The highest BCUT2D eigenvalue weighted by Crippen LogP contribution is 2.32. The number of methoxy groups -OCH3 is 1. The quantitative estimate of drug-likeness (QED) is 0.723. The summed E-state index contributed by atoms with van der Waals surface area (Å²) in [6, 6.07) is 8.94. The van der Waals surface area contributed by atoms with Crippen molar-refractivity contribution < 1.29 is 14.3 Å². The molecule has 1 N–H and O–H groups in total. The average Bonchev–Trinajstić information content (AvgIpc) is 3.35. The van der Waals surface area contributed by atoms with Gasteiger partial charge >= 0.3 is 0 Å². The van der Waals surface area contributed by atoms with Crippen LogP contribution < -0.4 is 5.32 Å². The Morgan fingerprint density at radius 3 is 2.80 bits per heavy atom. The van der Waals surface area contributed by atoms with Crippen molar-refractivity contribution in [2.45, 2.75) is 57.7 Å². The zero-order valence-corrected chi connectivity index (χ0v) is 17.5. The fourth-order valence-corrected chi connectivity index (χ4v) is 4.59. The first-order valence-corrected chi connectivity index (χ1v) is 10.9. The Bertz CT molecular complexity index is 888. The number of amides is 2. The fraction of sp³-hybridized carbons (Fsp3) is 0.522. The molecular formula is C23H30N4O3. The number of rotatable bonds is 8. The molecule has 0 spiro atoms. The lowest BCUT2D eigenvalue weighted by molar-refractivity contribution is -0.121. The summed E-state index contributed by atoms with van der Waals surface area (Å²) in [5.74, 6) is 0.782. The Labute approximate surface area is 177 Å². The Morgan fingerprint density at radius 2 is 2.03 bits per heavy atom. The lowest BCUT2D eigenvalue weighted by atomic mass is 9.84. The zero-order valence-electron chi connectivity index (χ0n) is 17.5. The van der Waals surface area contributed by atoms with Crippen molar-refractivity contribution >= 4 is 17.6 Å². The van der Waals surface area contributed by atoms with Gasteiger partial charge in [-0.05, 0) is 24.0 Å². The van der Waals surface area contributed by atoms with Crippen LogP contribution >= 0.6 is 0 Å². The molecule has 0 bridgehead atoms. The summed E-state index contributed by atoms with van der Waals surface area (Å²) in [5.41, 5.74) is 1.70. The maximum absolute atomic E-state index is 13.3. The van der Waals surface area contributed by atoms with Crippen LogP contribution in [0.5, 0.6) is 0 Å². The van der Waals surface area contributed by atoms with Gasteiger partial charge in [0, 0.05) is 31.5 Å². The summed E-state index contributed by atoms with van der Waals surface area (Å²) < 4.78 is 6.82. The summed E-state index contributed by atoms with van der Waals surface area (Å²) in [7, 11) is 1.65. The van der Waals surface area contributed by atoms with Gasteiger partial charge in [-0.25, -0.2) is 0 Å². The molecule has 7 nitrogen and oxygen atoms in total. The normalized spacial score (nSPS) is 17.8. The maximum Gasteiger partial charge on any atom is 0.255 e. The summed E-state index contributed by atoms with van der Waals surface area (Å²) >= 11 is 0. The van der Waals surface area contributed by atoms with E-state index in [2.05, 4.69) is 10.4 Å². The smallest absolute Gasteiger partial charge is 0.255 e. The van der Waals surface area contributed by atoms with Gasteiger partial charge in [0.2, 0.25) is 5.91 Å². The molecule has 0 saturated heterocycles. The van der Waals surface area contributed by atoms with E-state index in [1.165, 1.54) is 19.3 Å². The molecule has 2 heterocycles. The molecule has 1 aliphatic carbocycles. The predicted octanol–water partition coefficient (Wildman–Crippen LogP) is 3.46. The average molecular weight is 411 g/mol. The lowest BCUT2D eigenvalue weighted by Crippen LogP contribution is -2.45. The second-order valence-corrected chi connectivity index (χ2v) is 8.29. The maximum atomic E-state index is 13.3. The molecule has 1 atom stereocenters. The molecule has 7 heteroatoms. The highest BCUT2D eigenvalue weighted by molar-refractivity contribution is 6.03. The van der Waals surface area contributed by atoms with Crippen LogP contribution in [0.1, 0.15) is 54.4 Å². The van der Waals surface area contributed by atoms with E-state index in [1.54, 1.807) is 22.8 Å². The van der Waals surface area contributed by atoms with Gasteiger partial charge in [0.1, 0.15) is 6.04 Å². The van der Waals surface area contributed by atoms with Crippen LogP contribution in [0.25, 0.3) is 0 Å². The van der Waals surface area contributed by atoms with Crippen molar-refractivity contribution in [3.05, 3.63) is 47.7 Å². The number of aromatic nitrogens is 2. The van der Waals surface area contributed by atoms with Gasteiger partial charge in [-0.1, -0.05) is 50.3 Å². The highest BCUT2D eigenvalue weighted by Gasteiger charge is 2.37. The van der Waals surface area contributed by atoms with Crippen molar-refractivity contribution in [3.8, 4) is 0 Å². The van der Waals surface area contributed by atoms with Crippen LogP contribution in [0.3, 0.4) is 0 Å². The van der Waals surface area contributed by atoms with E-state index in [4.69, 9.17) is 4.74 Å². The van der Waals surface area contributed by atoms with Crippen molar-refractivity contribution in [3.63, 3.8) is 0 Å². The van der Waals surface area contributed by atoms with Gasteiger partial charge in [0.05, 0.1) is 13.2 Å². The zero-order chi connectivity index (χ0) is 20.9. The Hall–Kier alpha value is -2.67. The predicted molar refractivity (Wildman–Crippen MR) is 114 cm³/mol. The molecular weight excluding hydrogens is 380 g/mol. The minimum atomic E-state index is -0.489. The molecule has 2 aliphatic rings.